The molecule has 1 aromatic carbocycles. The van der Waals surface area contributed by atoms with Crippen LogP contribution in [0.15, 0.2) is 30.3 Å². The van der Waals surface area contributed by atoms with Gasteiger partial charge >= 0.3 is 0 Å². The second kappa shape index (κ2) is 8.13. The zero-order valence-corrected chi connectivity index (χ0v) is 14.8. The van der Waals surface area contributed by atoms with Crippen molar-refractivity contribution in [1.82, 2.24) is 10.2 Å². The Labute approximate surface area is 145 Å². The Balaban J connectivity index is 1.73. The van der Waals surface area contributed by atoms with Gasteiger partial charge in [0.25, 0.3) is 0 Å². The molecular weight excluding hydrogens is 300 g/mol. The molecule has 2 aliphatic heterocycles. The van der Waals surface area contributed by atoms with E-state index in [0.717, 1.165) is 31.4 Å². The highest BCUT2D eigenvalue weighted by molar-refractivity contribution is 5.88. The fourth-order valence-electron chi connectivity index (χ4n) is 4.00. The highest BCUT2D eigenvalue weighted by Gasteiger charge is 2.42. The van der Waals surface area contributed by atoms with E-state index in [-0.39, 0.29) is 11.9 Å². The predicted octanol–water partition coefficient (Wildman–Crippen LogP) is 2.73. The number of likely N-dealkylation sites (tertiary alicyclic amines) is 1. The van der Waals surface area contributed by atoms with Gasteiger partial charge in [0.1, 0.15) is 0 Å². The lowest BCUT2D eigenvalue weighted by molar-refractivity contribution is -0.131. The summed E-state index contributed by atoms with van der Waals surface area (Å²) in [7, 11) is 0. The summed E-state index contributed by atoms with van der Waals surface area (Å²) in [5.41, 5.74) is 0.694. The largest absolute Gasteiger partial charge is 0.381 e. The van der Waals surface area contributed by atoms with Crippen molar-refractivity contribution in [3.63, 3.8) is 0 Å². The van der Waals surface area contributed by atoms with E-state index in [4.69, 9.17) is 4.74 Å². The maximum atomic E-state index is 13.3. The second-order valence-electron chi connectivity index (χ2n) is 7.15. The molecule has 24 heavy (non-hydrogen) atoms. The number of benzene rings is 1. The third kappa shape index (κ3) is 3.81. The van der Waals surface area contributed by atoms with Crippen molar-refractivity contribution in [3.05, 3.63) is 35.9 Å². The van der Waals surface area contributed by atoms with Crippen LogP contribution in [-0.2, 0) is 14.9 Å². The van der Waals surface area contributed by atoms with Gasteiger partial charge in [0, 0.05) is 25.8 Å². The summed E-state index contributed by atoms with van der Waals surface area (Å²) in [6, 6.07) is 10.5. The highest BCUT2D eigenvalue weighted by Crippen LogP contribution is 2.35. The van der Waals surface area contributed by atoms with Crippen molar-refractivity contribution in [2.45, 2.75) is 50.5 Å². The second-order valence-corrected chi connectivity index (χ2v) is 7.15. The number of amides is 1. The molecular formula is C20H30N2O2. The van der Waals surface area contributed by atoms with E-state index in [1.54, 1.807) is 0 Å². The first-order valence-electron chi connectivity index (χ1n) is 9.41. The topological polar surface area (TPSA) is 41.6 Å². The fraction of sp³-hybridized carbons (Fsp3) is 0.650. The van der Waals surface area contributed by atoms with Crippen molar-refractivity contribution >= 4 is 5.91 Å². The van der Waals surface area contributed by atoms with Crippen LogP contribution in [0.2, 0.25) is 0 Å². The average Bonchev–Trinajstić information content (AvgIpc) is 3.15. The van der Waals surface area contributed by atoms with E-state index < -0.39 is 5.41 Å². The number of ether oxygens (including phenoxy) is 1. The predicted molar refractivity (Wildman–Crippen MR) is 96.1 cm³/mol. The minimum atomic E-state index is -0.433. The molecule has 2 heterocycles. The summed E-state index contributed by atoms with van der Waals surface area (Å²) in [4.78, 5) is 15.8. The summed E-state index contributed by atoms with van der Waals surface area (Å²) in [5, 5.41) is 3.37. The minimum Gasteiger partial charge on any atom is -0.381 e. The van der Waals surface area contributed by atoms with E-state index in [0.29, 0.717) is 13.2 Å². The molecule has 2 fully saturated rings. The fourth-order valence-corrected chi connectivity index (χ4v) is 4.00. The quantitative estimate of drug-likeness (QED) is 0.872. The molecule has 1 unspecified atom stereocenters. The van der Waals surface area contributed by atoms with Crippen molar-refractivity contribution < 1.29 is 9.53 Å². The Morgan fingerprint density at radius 3 is 2.50 bits per heavy atom. The molecule has 2 saturated heterocycles. The van der Waals surface area contributed by atoms with E-state index >= 15 is 0 Å². The van der Waals surface area contributed by atoms with Crippen molar-refractivity contribution in [2.24, 2.45) is 0 Å². The van der Waals surface area contributed by atoms with Gasteiger partial charge in [0.05, 0.1) is 5.41 Å². The maximum absolute atomic E-state index is 13.3. The monoisotopic (exact) mass is 330 g/mol. The van der Waals surface area contributed by atoms with Crippen LogP contribution in [0.3, 0.4) is 0 Å². The first kappa shape index (κ1) is 17.4. The molecule has 1 atom stereocenters. The van der Waals surface area contributed by atoms with E-state index in [2.05, 4.69) is 29.3 Å². The zero-order chi connectivity index (χ0) is 16.8. The molecule has 4 nitrogen and oxygen atoms in total. The summed E-state index contributed by atoms with van der Waals surface area (Å²) in [6.07, 6.45) is 5.08. The molecule has 0 saturated carbocycles. The minimum absolute atomic E-state index is 0.183. The molecule has 1 aromatic rings. The standard InChI is InChI=1S/C20H30N2O2/c1-2-18(16-22-12-6-7-13-22)21-19(23)20(10-14-24-15-11-20)17-8-4-3-5-9-17/h3-5,8-9,18H,2,6-7,10-16H2,1H3,(H,21,23). The Hall–Kier alpha value is -1.39. The molecule has 0 aliphatic carbocycles. The number of nitrogens with zero attached hydrogens (tertiary/aromatic N) is 1. The van der Waals surface area contributed by atoms with Crippen LogP contribution in [0, 0.1) is 0 Å². The van der Waals surface area contributed by atoms with Gasteiger partial charge in [-0.2, -0.15) is 0 Å². The maximum Gasteiger partial charge on any atom is 0.231 e. The summed E-state index contributed by atoms with van der Waals surface area (Å²) >= 11 is 0. The summed E-state index contributed by atoms with van der Waals surface area (Å²) in [5.74, 6) is 0.183. The molecule has 0 aromatic heterocycles. The summed E-state index contributed by atoms with van der Waals surface area (Å²) < 4.78 is 5.55. The van der Waals surface area contributed by atoms with Gasteiger partial charge in [-0.05, 0) is 50.8 Å². The SMILES string of the molecule is CCC(CN1CCCC1)NC(=O)C1(c2ccccc2)CCOCC1. The highest BCUT2D eigenvalue weighted by atomic mass is 16.5. The van der Waals surface area contributed by atoms with Gasteiger partial charge in [-0.3, -0.25) is 4.79 Å². The van der Waals surface area contributed by atoms with Gasteiger partial charge < -0.3 is 15.0 Å². The van der Waals surface area contributed by atoms with Crippen LogP contribution in [0.5, 0.6) is 0 Å². The van der Waals surface area contributed by atoms with Crippen LogP contribution in [0.25, 0.3) is 0 Å². The van der Waals surface area contributed by atoms with Crippen LogP contribution < -0.4 is 5.32 Å². The Bertz CT molecular complexity index is 520. The molecule has 1 amide bonds. The Kier molecular flexibility index (Phi) is 5.90. The number of carbonyl (C=O) groups is 1. The smallest absolute Gasteiger partial charge is 0.231 e. The van der Waals surface area contributed by atoms with Gasteiger partial charge in [-0.1, -0.05) is 37.3 Å². The zero-order valence-electron chi connectivity index (χ0n) is 14.8. The lowest BCUT2D eigenvalue weighted by Gasteiger charge is -2.38. The lowest BCUT2D eigenvalue weighted by Crippen LogP contribution is -2.53. The van der Waals surface area contributed by atoms with Crippen LogP contribution in [0.4, 0.5) is 0 Å². The van der Waals surface area contributed by atoms with Gasteiger partial charge in [-0.15, -0.1) is 0 Å². The first-order chi connectivity index (χ1) is 11.7. The van der Waals surface area contributed by atoms with Crippen LogP contribution in [-0.4, -0.2) is 49.7 Å². The first-order valence-corrected chi connectivity index (χ1v) is 9.41. The normalized spacial score (nSPS) is 22.2. The van der Waals surface area contributed by atoms with Gasteiger partial charge in [-0.25, -0.2) is 0 Å². The molecule has 0 radical (unpaired) electrons. The van der Waals surface area contributed by atoms with E-state index in [9.17, 15) is 4.79 Å². The van der Waals surface area contributed by atoms with E-state index in [1.807, 2.05) is 18.2 Å². The molecule has 2 aliphatic rings. The van der Waals surface area contributed by atoms with Gasteiger partial charge in [0.2, 0.25) is 5.91 Å². The van der Waals surface area contributed by atoms with Crippen molar-refractivity contribution in [1.29, 1.82) is 0 Å². The molecule has 1 N–H and O–H groups in total. The lowest BCUT2D eigenvalue weighted by atomic mass is 9.73. The third-order valence-electron chi connectivity index (χ3n) is 5.61. The van der Waals surface area contributed by atoms with Crippen LogP contribution in [0.1, 0.15) is 44.6 Å². The number of hydrogen-bond acceptors (Lipinski definition) is 3. The molecule has 3 rings (SSSR count). The van der Waals surface area contributed by atoms with Crippen molar-refractivity contribution in [2.75, 3.05) is 32.8 Å². The molecule has 132 valence electrons. The number of carbonyl (C=O) groups excluding carboxylic acids is 1. The van der Waals surface area contributed by atoms with Gasteiger partial charge in [0.15, 0.2) is 0 Å². The number of nitrogens with one attached hydrogen (secondary N) is 1. The molecule has 0 spiro atoms. The van der Waals surface area contributed by atoms with Crippen molar-refractivity contribution in [3.8, 4) is 0 Å². The Morgan fingerprint density at radius 1 is 1.21 bits per heavy atom. The van der Waals surface area contributed by atoms with Crippen LogP contribution >= 0.6 is 0 Å². The van der Waals surface area contributed by atoms with E-state index in [1.165, 1.54) is 25.9 Å². The summed E-state index contributed by atoms with van der Waals surface area (Å²) in [6.45, 7) is 6.80. The number of hydrogen-bond donors (Lipinski definition) is 1. The molecule has 0 bridgehead atoms. The third-order valence-corrected chi connectivity index (χ3v) is 5.61. The Morgan fingerprint density at radius 2 is 1.88 bits per heavy atom. The number of rotatable bonds is 6. The average molecular weight is 330 g/mol. The molecule has 4 heteroatoms.